The van der Waals surface area contributed by atoms with Crippen LogP contribution in [0.2, 0.25) is 0 Å². The number of hydrogen-bond acceptors (Lipinski definition) is 6. The van der Waals surface area contributed by atoms with Crippen LogP contribution in [0.25, 0.3) is 15.9 Å². The molecule has 4 rings (SSSR count). The molecule has 0 aliphatic heterocycles. The minimum Gasteiger partial charge on any atom is -0.309 e. The Kier molecular flexibility index (Phi) is 5.28. The molecule has 0 atom stereocenters. The van der Waals surface area contributed by atoms with E-state index in [1.807, 2.05) is 55.8 Å². The molecule has 0 radical (unpaired) electrons. The minimum atomic E-state index is -0.350. The number of rotatable bonds is 5. The van der Waals surface area contributed by atoms with E-state index >= 15 is 0 Å². The van der Waals surface area contributed by atoms with Gasteiger partial charge in [0.25, 0.3) is 5.56 Å². The molecule has 1 amide bonds. The van der Waals surface area contributed by atoms with Crippen molar-refractivity contribution in [1.29, 1.82) is 0 Å². The van der Waals surface area contributed by atoms with Crippen LogP contribution in [-0.2, 0) is 11.2 Å². The molecule has 0 saturated carbocycles. The van der Waals surface area contributed by atoms with E-state index in [4.69, 9.17) is 0 Å². The maximum absolute atomic E-state index is 12.3. The fraction of sp³-hybridized carbons (Fsp3) is 0.190. The second-order valence-electron chi connectivity index (χ2n) is 6.90. The molecule has 0 aliphatic carbocycles. The van der Waals surface area contributed by atoms with Crippen LogP contribution < -0.4 is 11.0 Å². The van der Waals surface area contributed by atoms with E-state index < -0.39 is 0 Å². The molecule has 8 nitrogen and oxygen atoms in total. The van der Waals surface area contributed by atoms with Gasteiger partial charge in [-0.1, -0.05) is 12.1 Å². The van der Waals surface area contributed by atoms with Crippen molar-refractivity contribution in [3.8, 4) is 5.69 Å². The molecule has 3 aromatic heterocycles. The highest BCUT2D eigenvalue weighted by molar-refractivity contribution is 7.18. The number of amides is 1. The first kappa shape index (κ1) is 19.7. The van der Waals surface area contributed by atoms with Crippen molar-refractivity contribution in [2.75, 3.05) is 0 Å². The number of nitrogens with zero attached hydrogens (tertiary/aromatic N) is 4. The Hall–Kier alpha value is -3.59. The molecule has 4 aromatic rings. The van der Waals surface area contributed by atoms with Crippen molar-refractivity contribution in [2.45, 2.75) is 27.2 Å². The molecule has 0 fully saturated rings. The largest absolute Gasteiger partial charge is 0.309 e. The number of aromatic amines is 1. The van der Waals surface area contributed by atoms with Gasteiger partial charge in [0.1, 0.15) is 10.7 Å². The summed E-state index contributed by atoms with van der Waals surface area (Å²) in [6.45, 7) is 5.67. The summed E-state index contributed by atoms with van der Waals surface area (Å²) in [6, 6.07) is 7.75. The van der Waals surface area contributed by atoms with Crippen molar-refractivity contribution < 1.29 is 4.79 Å². The second kappa shape index (κ2) is 8.03. The lowest BCUT2D eigenvalue weighted by atomic mass is 10.1. The van der Waals surface area contributed by atoms with E-state index in [0.29, 0.717) is 21.8 Å². The lowest BCUT2D eigenvalue weighted by Gasteiger charge is -2.05. The van der Waals surface area contributed by atoms with Crippen molar-refractivity contribution in [3.63, 3.8) is 0 Å². The van der Waals surface area contributed by atoms with Gasteiger partial charge in [-0.15, -0.1) is 11.3 Å². The molecule has 0 bridgehead atoms. The van der Waals surface area contributed by atoms with Gasteiger partial charge in [-0.2, -0.15) is 5.10 Å². The molecule has 3 heterocycles. The predicted octanol–water partition coefficient (Wildman–Crippen LogP) is 2.87. The molecular formula is C21H20N6O2S. The number of benzene rings is 1. The molecule has 1 aromatic carbocycles. The number of aromatic nitrogens is 4. The highest BCUT2D eigenvalue weighted by atomic mass is 32.1. The summed E-state index contributed by atoms with van der Waals surface area (Å²) in [7, 11) is 0. The summed E-state index contributed by atoms with van der Waals surface area (Å²) >= 11 is 1.45. The Morgan fingerprint density at radius 1 is 1.27 bits per heavy atom. The molecule has 0 spiro atoms. The van der Waals surface area contributed by atoms with Gasteiger partial charge in [0.2, 0.25) is 5.91 Å². The van der Waals surface area contributed by atoms with E-state index in [2.05, 4.69) is 25.5 Å². The summed E-state index contributed by atoms with van der Waals surface area (Å²) < 4.78 is 1.90. The number of H-pyrrole nitrogens is 1. The summed E-state index contributed by atoms with van der Waals surface area (Å²) in [4.78, 5) is 37.5. The smallest absolute Gasteiger partial charge is 0.259 e. The number of thiophene rings is 1. The van der Waals surface area contributed by atoms with Crippen molar-refractivity contribution >= 4 is 33.2 Å². The zero-order valence-electron chi connectivity index (χ0n) is 16.8. The third-order valence-corrected chi connectivity index (χ3v) is 5.95. The van der Waals surface area contributed by atoms with Crippen molar-refractivity contribution in [2.24, 2.45) is 5.10 Å². The highest BCUT2D eigenvalue weighted by Gasteiger charge is 2.13. The van der Waals surface area contributed by atoms with E-state index in [1.54, 1.807) is 12.5 Å². The Bertz CT molecular complexity index is 1300. The van der Waals surface area contributed by atoms with Gasteiger partial charge in [0.05, 0.1) is 23.8 Å². The predicted molar refractivity (Wildman–Crippen MR) is 117 cm³/mol. The van der Waals surface area contributed by atoms with E-state index in [-0.39, 0.29) is 17.9 Å². The second-order valence-corrected chi connectivity index (χ2v) is 8.11. The first-order valence-electron chi connectivity index (χ1n) is 9.33. The first-order valence-corrected chi connectivity index (χ1v) is 10.1. The van der Waals surface area contributed by atoms with Crippen LogP contribution in [0.3, 0.4) is 0 Å². The molecule has 9 heteroatoms. The van der Waals surface area contributed by atoms with E-state index in [0.717, 1.165) is 21.7 Å². The molecule has 2 N–H and O–H groups in total. The van der Waals surface area contributed by atoms with Gasteiger partial charge in [0.15, 0.2) is 0 Å². The molecule has 0 unspecified atom stereocenters. The Morgan fingerprint density at radius 3 is 2.73 bits per heavy atom. The van der Waals surface area contributed by atoms with Crippen LogP contribution in [0.15, 0.2) is 52.9 Å². The number of fused-ring (bicyclic) bond motifs is 1. The average Bonchev–Trinajstić information content (AvgIpc) is 3.35. The summed E-state index contributed by atoms with van der Waals surface area (Å²) in [5.74, 6) is -0.0272. The maximum atomic E-state index is 12.3. The van der Waals surface area contributed by atoms with Crippen molar-refractivity contribution in [3.05, 3.63) is 75.2 Å². The molecule has 30 heavy (non-hydrogen) atoms. The van der Waals surface area contributed by atoms with Crippen LogP contribution in [0, 0.1) is 13.8 Å². The lowest BCUT2D eigenvalue weighted by Crippen LogP contribution is -2.24. The van der Waals surface area contributed by atoms with E-state index in [1.165, 1.54) is 11.3 Å². The van der Waals surface area contributed by atoms with Crippen LogP contribution in [0.4, 0.5) is 0 Å². The number of aryl methyl sites for hydroxylation is 2. The lowest BCUT2D eigenvalue weighted by molar-refractivity contribution is -0.120. The number of nitrogens with one attached hydrogen (secondary N) is 2. The average molecular weight is 420 g/mol. The third-order valence-electron chi connectivity index (χ3n) is 4.85. The first-order chi connectivity index (χ1) is 14.4. The topological polar surface area (TPSA) is 105 Å². The highest BCUT2D eigenvalue weighted by Crippen LogP contribution is 2.25. The number of imidazole rings is 1. The molecular weight excluding hydrogens is 400 g/mol. The number of hydrazone groups is 1. The molecule has 0 saturated heterocycles. The Morgan fingerprint density at radius 2 is 2.03 bits per heavy atom. The summed E-state index contributed by atoms with van der Waals surface area (Å²) in [5, 5.41) is 4.76. The van der Waals surface area contributed by atoms with Gasteiger partial charge < -0.3 is 9.55 Å². The summed E-state index contributed by atoms with van der Waals surface area (Å²) in [5.41, 5.74) is 5.78. The van der Waals surface area contributed by atoms with E-state index in [9.17, 15) is 9.59 Å². The zero-order valence-corrected chi connectivity index (χ0v) is 17.6. The van der Waals surface area contributed by atoms with Crippen LogP contribution in [0.1, 0.15) is 28.8 Å². The Labute approximate surface area is 176 Å². The number of carbonyl (C=O) groups excluding carboxylic acids is 1. The summed E-state index contributed by atoms with van der Waals surface area (Å²) in [6.07, 6.45) is 5.25. The fourth-order valence-electron chi connectivity index (χ4n) is 3.07. The minimum absolute atomic E-state index is 0.0580. The van der Waals surface area contributed by atoms with Crippen LogP contribution in [0.5, 0.6) is 0 Å². The van der Waals surface area contributed by atoms with Crippen molar-refractivity contribution in [1.82, 2.24) is 24.9 Å². The van der Waals surface area contributed by atoms with Crippen LogP contribution in [-0.4, -0.2) is 31.1 Å². The number of hydrogen-bond donors (Lipinski definition) is 2. The maximum Gasteiger partial charge on any atom is 0.259 e. The van der Waals surface area contributed by atoms with Crippen LogP contribution >= 0.6 is 11.3 Å². The third kappa shape index (κ3) is 3.92. The molecule has 0 aliphatic rings. The van der Waals surface area contributed by atoms with Gasteiger partial charge in [-0.05, 0) is 44.0 Å². The standard InChI is InChI=1S/C21H20N6O2S/c1-12-14(3)30-21-19(12)20(29)23-17(24-21)10-18(28)26-25-13(2)15-4-6-16(7-5-15)27-9-8-22-11-27/h4-9,11H,10H2,1-3H3,(H,26,28)(H,23,24,29)/b25-13+. The SMILES string of the molecule is C/C(=N\NC(=O)Cc1nc2sc(C)c(C)c2c(=O)[nH]1)c1ccc(-n2ccnc2)cc1. The van der Waals surface area contributed by atoms with Gasteiger partial charge in [0, 0.05) is 23.0 Å². The zero-order chi connectivity index (χ0) is 21.3. The van der Waals surface area contributed by atoms with Gasteiger partial charge in [-0.25, -0.2) is 15.4 Å². The number of carbonyl (C=O) groups is 1. The normalized spacial score (nSPS) is 11.8. The fourth-order valence-corrected chi connectivity index (χ4v) is 4.12. The Balaban J connectivity index is 1.44. The molecule has 152 valence electrons. The quantitative estimate of drug-likeness (QED) is 0.383. The van der Waals surface area contributed by atoms with Gasteiger partial charge in [-0.3, -0.25) is 9.59 Å². The monoisotopic (exact) mass is 420 g/mol. The van der Waals surface area contributed by atoms with Gasteiger partial charge >= 0.3 is 0 Å².